The van der Waals surface area contributed by atoms with Crippen molar-refractivity contribution >= 4 is 5.84 Å². The van der Waals surface area contributed by atoms with Crippen LogP contribution in [0.3, 0.4) is 0 Å². The molecule has 1 N–H and O–H groups in total. The van der Waals surface area contributed by atoms with E-state index < -0.39 is 0 Å². The minimum atomic E-state index is 0.673. The van der Waals surface area contributed by atoms with Crippen molar-refractivity contribution in [3.05, 3.63) is 71.8 Å². The molecule has 0 saturated carbocycles. The largest absolute Gasteiger partial charge is 0.303 e. The molecule has 0 amide bonds. The highest BCUT2D eigenvalue weighted by atomic mass is 15.5. The van der Waals surface area contributed by atoms with Crippen LogP contribution in [0.1, 0.15) is 11.1 Å². The van der Waals surface area contributed by atoms with E-state index in [2.05, 4.69) is 34.7 Å². The molecule has 3 nitrogen and oxygen atoms in total. The molecule has 98 valence electrons. The first-order valence-corrected chi connectivity index (χ1v) is 6.33. The fraction of sp³-hybridized carbons (Fsp3) is 0.188. The van der Waals surface area contributed by atoms with Crippen molar-refractivity contribution in [3.8, 4) is 0 Å². The third-order valence-electron chi connectivity index (χ3n) is 2.64. The molecule has 0 aromatic heterocycles. The smallest absolute Gasteiger partial charge is 0.143 e. The summed E-state index contributed by atoms with van der Waals surface area (Å²) in [5.74, 6) is 0.884. The average Bonchev–Trinajstić information content (AvgIpc) is 2.45. The Hall–Kier alpha value is -2.13. The van der Waals surface area contributed by atoms with E-state index in [1.807, 2.05) is 55.5 Å². The highest BCUT2D eigenvalue weighted by Gasteiger charge is 2.03. The Kier molecular flexibility index (Phi) is 4.70. The summed E-state index contributed by atoms with van der Waals surface area (Å²) in [6.07, 6.45) is 0. The van der Waals surface area contributed by atoms with E-state index in [9.17, 15) is 0 Å². The van der Waals surface area contributed by atoms with Gasteiger partial charge in [-0.05, 0) is 5.56 Å². The van der Waals surface area contributed by atoms with Crippen LogP contribution in [0.15, 0.2) is 65.7 Å². The molecule has 0 radical (unpaired) electrons. The van der Waals surface area contributed by atoms with Gasteiger partial charge in [-0.3, -0.25) is 4.99 Å². The van der Waals surface area contributed by atoms with Gasteiger partial charge < -0.3 is 5.43 Å². The van der Waals surface area contributed by atoms with Gasteiger partial charge in [-0.1, -0.05) is 60.7 Å². The Morgan fingerprint density at radius 2 is 1.53 bits per heavy atom. The Morgan fingerprint density at radius 1 is 0.947 bits per heavy atom. The lowest BCUT2D eigenvalue weighted by atomic mass is 10.2. The fourth-order valence-electron chi connectivity index (χ4n) is 1.75. The monoisotopic (exact) mass is 253 g/mol. The molecule has 0 spiro atoms. The van der Waals surface area contributed by atoms with Gasteiger partial charge in [0.05, 0.1) is 6.54 Å². The second-order valence-electron chi connectivity index (χ2n) is 4.52. The summed E-state index contributed by atoms with van der Waals surface area (Å²) >= 11 is 0. The SMILES string of the molecule is CN(C)NC(=NCc1ccccc1)c1ccccc1. The minimum absolute atomic E-state index is 0.673. The molecule has 0 aliphatic heterocycles. The molecule has 2 aromatic carbocycles. The summed E-state index contributed by atoms with van der Waals surface area (Å²) in [5.41, 5.74) is 5.54. The second kappa shape index (κ2) is 6.71. The molecule has 0 aliphatic rings. The number of hydrazine groups is 1. The Balaban J connectivity index is 2.18. The molecule has 0 bridgehead atoms. The van der Waals surface area contributed by atoms with Gasteiger partial charge >= 0.3 is 0 Å². The van der Waals surface area contributed by atoms with Crippen LogP contribution in [-0.4, -0.2) is 24.9 Å². The van der Waals surface area contributed by atoms with Crippen molar-refractivity contribution in [3.63, 3.8) is 0 Å². The van der Waals surface area contributed by atoms with Gasteiger partial charge in [0.1, 0.15) is 5.84 Å². The summed E-state index contributed by atoms with van der Waals surface area (Å²) in [5, 5.41) is 1.90. The Bertz CT molecular complexity index is 518. The molecule has 2 rings (SSSR count). The number of benzene rings is 2. The lowest BCUT2D eigenvalue weighted by Crippen LogP contribution is -2.36. The predicted octanol–water partition coefficient (Wildman–Crippen LogP) is 2.70. The van der Waals surface area contributed by atoms with Crippen molar-refractivity contribution in [1.29, 1.82) is 0 Å². The quantitative estimate of drug-likeness (QED) is 0.515. The molecular formula is C16H19N3. The molecule has 2 aromatic rings. The highest BCUT2D eigenvalue weighted by Crippen LogP contribution is 2.04. The zero-order chi connectivity index (χ0) is 13.5. The van der Waals surface area contributed by atoms with E-state index in [1.165, 1.54) is 5.56 Å². The first-order chi connectivity index (χ1) is 9.25. The van der Waals surface area contributed by atoms with Crippen LogP contribution in [-0.2, 0) is 6.54 Å². The number of amidine groups is 1. The molecule has 0 heterocycles. The van der Waals surface area contributed by atoms with Crippen molar-refractivity contribution < 1.29 is 0 Å². The number of nitrogens with one attached hydrogen (secondary N) is 1. The van der Waals surface area contributed by atoms with Crippen molar-refractivity contribution in [2.24, 2.45) is 4.99 Å². The minimum Gasteiger partial charge on any atom is -0.303 e. The van der Waals surface area contributed by atoms with Gasteiger partial charge in [-0.15, -0.1) is 0 Å². The summed E-state index contributed by atoms with van der Waals surface area (Å²) in [7, 11) is 3.92. The van der Waals surface area contributed by atoms with Crippen LogP contribution in [0.5, 0.6) is 0 Å². The van der Waals surface area contributed by atoms with E-state index in [-0.39, 0.29) is 0 Å². The first kappa shape index (κ1) is 13.3. The van der Waals surface area contributed by atoms with Crippen LogP contribution in [0.4, 0.5) is 0 Å². The van der Waals surface area contributed by atoms with Crippen LogP contribution < -0.4 is 5.43 Å². The van der Waals surface area contributed by atoms with Crippen LogP contribution >= 0.6 is 0 Å². The van der Waals surface area contributed by atoms with E-state index in [0.717, 1.165) is 11.4 Å². The molecular weight excluding hydrogens is 234 g/mol. The van der Waals surface area contributed by atoms with E-state index in [0.29, 0.717) is 6.54 Å². The lowest BCUT2D eigenvalue weighted by Gasteiger charge is -2.16. The number of hydrogen-bond acceptors (Lipinski definition) is 2. The first-order valence-electron chi connectivity index (χ1n) is 6.33. The molecule has 0 aliphatic carbocycles. The summed E-state index contributed by atoms with van der Waals surface area (Å²) in [6.45, 7) is 0.673. The lowest BCUT2D eigenvalue weighted by molar-refractivity contribution is 0.362. The summed E-state index contributed by atoms with van der Waals surface area (Å²) < 4.78 is 0. The van der Waals surface area contributed by atoms with Crippen LogP contribution in [0.2, 0.25) is 0 Å². The summed E-state index contributed by atoms with van der Waals surface area (Å²) in [6, 6.07) is 20.4. The van der Waals surface area contributed by atoms with E-state index >= 15 is 0 Å². The van der Waals surface area contributed by atoms with Gasteiger partial charge in [-0.25, -0.2) is 5.01 Å². The standard InChI is InChI=1S/C16H19N3/c1-19(2)18-16(15-11-7-4-8-12-15)17-13-14-9-5-3-6-10-14/h3-12H,13H2,1-2H3,(H,17,18). The maximum absolute atomic E-state index is 4.67. The maximum Gasteiger partial charge on any atom is 0.143 e. The number of aliphatic imine (C=N–C) groups is 1. The van der Waals surface area contributed by atoms with Crippen molar-refractivity contribution in [2.45, 2.75) is 6.54 Å². The third-order valence-corrected chi connectivity index (χ3v) is 2.64. The predicted molar refractivity (Wildman–Crippen MR) is 79.9 cm³/mol. The maximum atomic E-state index is 4.67. The molecule has 19 heavy (non-hydrogen) atoms. The van der Waals surface area contributed by atoms with E-state index in [4.69, 9.17) is 0 Å². The van der Waals surface area contributed by atoms with Crippen molar-refractivity contribution in [1.82, 2.24) is 10.4 Å². The number of nitrogens with zero attached hydrogens (tertiary/aromatic N) is 2. The normalized spacial score (nSPS) is 11.6. The van der Waals surface area contributed by atoms with Gasteiger partial charge in [0, 0.05) is 19.7 Å². The zero-order valence-electron chi connectivity index (χ0n) is 11.4. The van der Waals surface area contributed by atoms with Gasteiger partial charge in [0.2, 0.25) is 0 Å². The van der Waals surface area contributed by atoms with Crippen LogP contribution in [0, 0.1) is 0 Å². The molecule has 0 unspecified atom stereocenters. The fourth-order valence-corrected chi connectivity index (χ4v) is 1.75. The molecule has 0 fully saturated rings. The summed E-state index contributed by atoms with van der Waals surface area (Å²) in [4.78, 5) is 4.67. The molecule has 0 atom stereocenters. The Labute approximate surface area is 114 Å². The third kappa shape index (κ3) is 4.23. The molecule has 0 saturated heterocycles. The number of rotatable bonds is 4. The number of hydrogen-bond donors (Lipinski definition) is 1. The van der Waals surface area contributed by atoms with E-state index in [1.54, 1.807) is 0 Å². The van der Waals surface area contributed by atoms with Gasteiger partial charge in [-0.2, -0.15) is 0 Å². The van der Waals surface area contributed by atoms with Crippen molar-refractivity contribution in [2.75, 3.05) is 14.1 Å². The highest BCUT2D eigenvalue weighted by molar-refractivity contribution is 5.98. The topological polar surface area (TPSA) is 27.6 Å². The van der Waals surface area contributed by atoms with Gasteiger partial charge in [0.15, 0.2) is 0 Å². The zero-order valence-corrected chi connectivity index (χ0v) is 11.4. The van der Waals surface area contributed by atoms with Gasteiger partial charge in [0.25, 0.3) is 0 Å². The Morgan fingerprint density at radius 3 is 2.11 bits per heavy atom. The average molecular weight is 253 g/mol. The van der Waals surface area contributed by atoms with Crippen LogP contribution in [0.25, 0.3) is 0 Å². The second-order valence-corrected chi connectivity index (χ2v) is 4.52. The molecule has 3 heteroatoms.